The smallest absolute Gasteiger partial charge is 0.745 e. The summed E-state index contributed by atoms with van der Waals surface area (Å²) in [5.41, 5.74) is -0.189. The summed E-state index contributed by atoms with van der Waals surface area (Å²) >= 11 is 0. The van der Waals surface area contributed by atoms with E-state index >= 15 is 0 Å². The predicted molar refractivity (Wildman–Crippen MR) is 92.5 cm³/mol. The van der Waals surface area contributed by atoms with Gasteiger partial charge in [-0.15, -0.1) is 0 Å². The normalized spacial score (nSPS) is 12.5. The van der Waals surface area contributed by atoms with E-state index in [-0.39, 0.29) is 36.0 Å². The van der Waals surface area contributed by atoms with E-state index in [1.54, 1.807) is 13.0 Å². The molecule has 4 nitrogen and oxygen atoms in total. The van der Waals surface area contributed by atoms with Crippen LogP contribution in [-0.4, -0.2) is 18.4 Å². The summed E-state index contributed by atoms with van der Waals surface area (Å²) in [6.07, 6.45) is 9.90. The van der Waals surface area contributed by atoms with Gasteiger partial charge < -0.3 is 9.29 Å². The summed E-state index contributed by atoms with van der Waals surface area (Å²) < 4.78 is 38.6. The number of hydrogen-bond donors (Lipinski definition) is 0. The van der Waals surface area contributed by atoms with Crippen molar-refractivity contribution in [1.29, 1.82) is 0 Å². The molecule has 1 unspecified atom stereocenters. The second-order valence-corrected chi connectivity index (χ2v) is 7.48. The molecule has 1 rings (SSSR count). The molecule has 0 N–H and O–H groups in total. The van der Waals surface area contributed by atoms with Gasteiger partial charge in [-0.05, 0) is 37.0 Å². The number of aryl methyl sites for hydroxylation is 1. The first-order chi connectivity index (χ1) is 11.0. The quantitative estimate of drug-likeness (QED) is 0.321. The molecule has 132 valence electrons. The average molecular weight is 364 g/mol. The van der Waals surface area contributed by atoms with Gasteiger partial charge in [-0.1, -0.05) is 64.5 Å². The zero-order valence-corrected chi connectivity index (χ0v) is 18.1. The van der Waals surface area contributed by atoms with Crippen LogP contribution in [0.25, 0.3) is 0 Å². The van der Waals surface area contributed by atoms with Crippen molar-refractivity contribution in [2.75, 3.05) is 0 Å². The zero-order valence-electron chi connectivity index (χ0n) is 15.3. The molecule has 0 aliphatic rings. The van der Waals surface area contributed by atoms with Crippen molar-refractivity contribution in [2.45, 2.75) is 77.1 Å². The van der Waals surface area contributed by atoms with Gasteiger partial charge in [-0.2, -0.15) is 0 Å². The van der Waals surface area contributed by atoms with Crippen LogP contribution in [0.1, 0.15) is 70.8 Å². The first kappa shape index (κ1) is 23.9. The fourth-order valence-corrected chi connectivity index (χ4v) is 3.20. The molecule has 0 radical (unpaired) electrons. The summed E-state index contributed by atoms with van der Waals surface area (Å²) in [6.45, 7) is 3.85. The van der Waals surface area contributed by atoms with Crippen LogP contribution in [0.5, 0.6) is 5.75 Å². The minimum Gasteiger partial charge on any atom is -0.745 e. The molecule has 0 spiro atoms. The Labute approximate surface area is 169 Å². The molecule has 1 atom stereocenters. The molecule has 0 aliphatic carbocycles. The van der Waals surface area contributed by atoms with Crippen molar-refractivity contribution in [2.24, 2.45) is 0 Å². The third-order valence-electron chi connectivity index (χ3n) is 3.89. The van der Waals surface area contributed by atoms with Gasteiger partial charge in [0.2, 0.25) is 0 Å². The first-order valence-electron chi connectivity index (χ1n) is 8.67. The summed E-state index contributed by atoms with van der Waals surface area (Å²) in [6, 6.07) is 7.39. The molecule has 6 heteroatoms. The van der Waals surface area contributed by atoms with Gasteiger partial charge >= 0.3 is 29.6 Å². The van der Waals surface area contributed by atoms with Gasteiger partial charge in [0.1, 0.15) is 15.9 Å². The summed E-state index contributed by atoms with van der Waals surface area (Å²) in [4.78, 5) is 0. The monoisotopic (exact) mass is 364 g/mol. The van der Waals surface area contributed by atoms with E-state index in [2.05, 4.69) is 6.92 Å². The summed E-state index contributed by atoms with van der Waals surface area (Å²) in [7, 11) is -4.43. The van der Waals surface area contributed by atoms with E-state index in [0.29, 0.717) is 5.75 Å². The molecule has 0 aliphatic heterocycles. The van der Waals surface area contributed by atoms with Crippen LogP contribution in [0.15, 0.2) is 24.3 Å². The van der Waals surface area contributed by atoms with E-state index in [1.807, 2.05) is 18.2 Å². The molecule has 0 aromatic heterocycles. The van der Waals surface area contributed by atoms with E-state index < -0.39 is 15.6 Å². The Hall–Kier alpha value is -0.0700. The van der Waals surface area contributed by atoms with E-state index in [1.165, 1.54) is 38.5 Å². The maximum absolute atomic E-state index is 11.1. The molecule has 24 heavy (non-hydrogen) atoms. The number of benzene rings is 1. The van der Waals surface area contributed by atoms with Crippen molar-refractivity contribution in [3.63, 3.8) is 0 Å². The molecule has 0 saturated carbocycles. The fraction of sp³-hybridized carbons (Fsp3) is 0.667. The van der Waals surface area contributed by atoms with Crippen LogP contribution < -0.4 is 34.3 Å². The minimum absolute atomic E-state index is 0. The Morgan fingerprint density at radius 2 is 1.67 bits per heavy atom. The largest absolute Gasteiger partial charge is 1.00 e. The second-order valence-electron chi connectivity index (χ2n) is 5.97. The van der Waals surface area contributed by atoms with E-state index in [4.69, 9.17) is 4.74 Å². The Morgan fingerprint density at radius 1 is 1.04 bits per heavy atom. The number of rotatable bonds is 12. The van der Waals surface area contributed by atoms with Crippen molar-refractivity contribution < 1.29 is 47.3 Å². The van der Waals surface area contributed by atoms with Crippen LogP contribution in [0.2, 0.25) is 0 Å². The third kappa shape index (κ3) is 10.0. The molecular formula is C18H29NaO4S. The van der Waals surface area contributed by atoms with Crippen molar-refractivity contribution >= 4 is 10.1 Å². The number of ether oxygens (including phenoxy) is 1. The topological polar surface area (TPSA) is 66.4 Å². The van der Waals surface area contributed by atoms with Gasteiger partial charge in [-0.25, -0.2) is 8.42 Å². The van der Waals surface area contributed by atoms with Crippen molar-refractivity contribution in [1.82, 2.24) is 0 Å². The van der Waals surface area contributed by atoms with Crippen LogP contribution in [0, 0.1) is 0 Å². The molecule has 1 aromatic carbocycles. The third-order valence-corrected chi connectivity index (χ3v) is 4.96. The molecule has 1 aromatic rings. The Balaban J connectivity index is 0.00000529. The van der Waals surface area contributed by atoms with Crippen LogP contribution in [-0.2, 0) is 16.5 Å². The molecule has 0 bridgehead atoms. The summed E-state index contributed by atoms with van der Waals surface area (Å²) in [5.74, 6) is 0.455. The molecular weight excluding hydrogens is 335 g/mol. The predicted octanol–water partition coefficient (Wildman–Crippen LogP) is 1.64. The van der Waals surface area contributed by atoms with Crippen LogP contribution >= 0.6 is 0 Å². The zero-order chi connectivity index (χ0) is 17.1. The standard InChI is InChI=1S/C18H30O4S.Na/c1-3-5-6-7-8-9-10-12-16-13-11-14-17(15-16)22-18(4-2)23(19,20)21;/h11,13-15,18H,3-10,12H2,1-2H3,(H,19,20,21);/q;+1/p-1. The minimum atomic E-state index is -4.43. The molecule has 0 saturated heterocycles. The maximum atomic E-state index is 11.1. The number of unbranched alkanes of at least 4 members (excludes halogenated alkanes) is 6. The van der Waals surface area contributed by atoms with E-state index in [0.717, 1.165) is 18.4 Å². The van der Waals surface area contributed by atoms with Crippen LogP contribution in [0.4, 0.5) is 0 Å². The van der Waals surface area contributed by atoms with Gasteiger partial charge in [0.25, 0.3) is 0 Å². The molecule has 0 fully saturated rings. The molecule has 0 heterocycles. The Kier molecular flexibility index (Phi) is 13.1. The average Bonchev–Trinajstić information content (AvgIpc) is 2.51. The summed E-state index contributed by atoms with van der Waals surface area (Å²) in [5, 5.41) is 0. The second kappa shape index (κ2) is 13.2. The fourth-order valence-electron chi connectivity index (χ4n) is 2.56. The van der Waals surface area contributed by atoms with Crippen molar-refractivity contribution in [3.8, 4) is 5.75 Å². The van der Waals surface area contributed by atoms with Gasteiger partial charge in [0, 0.05) is 0 Å². The van der Waals surface area contributed by atoms with Gasteiger partial charge in [0.15, 0.2) is 5.44 Å². The molecule has 0 amide bonds. The van der Waals surface area contributed by atoms with E-state index in [9.17, 15) is 13.0 Å². The SMILES string of the molecule is CCCCCCCCCc1cccc(OC(CC)S(=O)(=O)[O-])c1.[Na+]. The van der Waals surface area contributed by atoms with Crippen LogP contribution in [0.3, 0.4) is 0 Å². The Morgan fingerprint density at radius 3 is 2.25 bits per heavy atom. The van der Waals surface area contributed by atoms with Gasteiger partial charge in [0.05, 0.1) is 0 Å². The van der Waals surface area contributed by atoms with Gasteiger partial charge in [-0.3, -0.25) is 0 Å². The van der Waals surface area contributed by atoms with Crippen molar-refractivity contribution in [3.05, 3.63) is 29.8 Å². The maximum Gasteiger partial charge on any atom is 1.00 e. The Bertz CT molecular complexity index is 546. The number of hydrogen-bond acceptors (Lipinski definition) is 4. The first-order valence-corrected chi connectivity index (χ1v) is 10.1.